The Morgan fingerprint density at radius 3 is 2.50 bits per heavy atom. The summed E-state index contributed by atoms with van der Waals surface area (Å²) in [6.45, 7) is 10.6. The minimum Gasteiger partial charge on any atom is -0.876 e. The van der Waals surface area contributed by atoms with Gasteiger partial charge >= 0.3 is 5.97 Å². The van der Waals surface area contributed by atoms with E-state index in [0.29, 0.717) is 18.1 Å². The molecule has 0 N–H and O–H groups in total. The first-order chi connectivity index (χ1) is 7.28. The molecule has 0 aliphatic carbocycles. The van der Waals surface area contributed by atoms with Crippen LogP contribution in [0, 0.1) is 0 Å². The van der Waals surface area contributed by atoms with Crippen LogP contribution in [-0.2, 0) is 9.53 Å². The second-order valence-electron chi connectivity index (χ2n) is 3.72. The largest absolute Gasteiger partial charge is 0.876 e. The summed E-state index contributed by atoms with van der Waals surface area (Å²) in [6.07, 6.45) is 0. The maximum atomic E-state index is 11.2. The Labute approximate surface area is 101 Å². The van der Waals surface area contributed by atoms with Crippen molar-refractivity contribution in [2.24, 2.45) is 4.99 Å². The van der Waals surface area contributed by atoms with Gasteiger partial charge in [-0.1, -0.05) is 6.92 Å². The molecule has 1 heterocycles. The molecule has 0 aromatic heterocycles. The Morgan fingerprint density at radius 1 is 1.69 bits per heavy atom. The fraction of sp³-hybridized carbons (Fsp3) is 0.636. The minimum absolute atomic E-state index is 0.0833. The maximum Gasteiger partial charge on any atom is 0.353 e. The predicted molar refractivity (Wildman–Crippen MR) is 65.4 cm³/mol. The second-order valence-corrected chi connectivity index (χ2v) is 5.29. The van der Waals surface area contributed by atoms with Crippen LogP contribution < -0.4 is 5.11 Å². The molecule has 16 heavy (non-hydrogen) atoms. The molecule has 0 atom stereocenters. The summed E-state index contributed by atoms with van der Waals surface area (Å²) in [4.78, 5) is 15.3. The molecule has 0 aromatic carbocycles. The van der Waals surface area contributed by atoms with Gasteiger partial charge in [0.2, 0.25) is 0 Å². The molecule has 4 nitrogen and oxygen atoms in total. The monoisotopic (exact) mass is 244 g/mol. The van der Waals surface area contributed by atoms with E-state index in [2.05, 4.69) is 11.6 Å². The highest BCUT2D eigenvalue weighted by atomic mass is 32.2. The van der Waals surface area contributed by atoms with Crippen molar-refractivity contribution in [1.29, 1.82) is 0 Å². The predicted octanol–water partition coefficient (Wildman–Crippen LogP) is 1.35. The number of allylic oxidation sites excluding steroid dienone is 1. The zero-order valence-corrected chi connectivity index (χ0v) is 11.0. The average Bonchev–Trinajstić information content (AvgIpc) is 2.45. The van der Waals surface area contributed by atoms with Crippen molar-refractivity contribution >= 4 is 23.4 Å². The lowest BCUT2D eigenvalue weighted by molar-refractivity contribution is -0.300. The third-order valence-corrected chi connectivity index (χ3v) is 2.69. The molecule has 0 saturated heterocycles. The van der Waals surface area contributed by atoms with Gasteiger partial charge in [-0.3, -0.25) is 4.99 Å². The van der Waals surface area contributed by atoms with E-state index in [0.717, 1.165) is 0 Å². The first kappa shape index (κ1) is 15.0. The summed E-state index contributed by atoms with van der Waals surface area (Å²) in [5.41, 5.74) is 0.562. The smallest absolute Gasteiger partial charge is 0.353 e. The molecule has 5 heteroatoms. The molecule has 0 radical (unpaired) electrons. The number of carbonyl (C=O) groups excluding carboxylic acids is 1. The van der Waals surface area contributed by atoms with Gasteiger partial charge in [-0.15, -0.1) is 24.1 Å². The van der Waals surface area contributed by atoms with Crippen LogP contribution in [-0.4, -0.2) is 28.9 Å². The first-order valence-electron chi connectivity index (χ1n) is 5.01. The molecule has 0 spiro atoms. The summed E-state index contributed by atoms with van der Waals surface area (Å²) in [5, 5.41) is 9.33. The van der Waals surface area contributed by atoms with E-state index >= 15 is 0 Å². The topological polar surface area (TPSA) is 61.7 Å². The Morgan fingerprint density at radius 2 is 2.19 bits per heavy atom. The van der Waals surface area contributed by atoms with Crippen molar-refractivity contribution < 1.29 is 14.6 Å². The van der Waals surface area contributed by atoms with Crippen molar-refractivity contribution in [3.05, 3.63) is 12.3 Å². The van der Waals surface area contributed by atoms with Crippen molar-refractivity contribution in [2.75, 3.05) is 12.4 Å². The fourth-order valence-electron chi connectivity index (χ4n) is 0.954. The highest BCUT2D eigenvalue weighted by molar-refractivity contribution is 8.01. The molecular formula is C11H18NO3S-. The Bertz CT molecular complexity index is 294. The van der Waals surface area contributed by atoms with Crippen LogP contribution in [0.4, 0.5) is 0 Å². The molecule has 1 aliphatic rings. The van der Waals surface area contributed by atoms with E-state index in [1.54, 1.807) is 18.7 Å². The number of rotatable bonds is 2. The van der Waals surface area contributed by atoms with E-state index < -0.39 is 0 Å². The average molecular weight is 244 g/mol. The minimum atomic E-state index is -0.268. The highest BCUT2D eigenvalue weighted by Gasteiger charge is 2.29. The van der Waals surface area contributed by atoms with Gasteiger partial charge in [0.05, 0.1) is 6.61 Å². The summed E-state index contributed by atoms with van der Waals surface area (Å²) in [6, 6.07) is 0. The summed E-state index contributed by atoms with van der Waals surface area (Å²) >= 11 is 1.66. The van der Waals surface area contributed by atoms with Crippen LogP contribution in [0.2, 0.25) is 0 Å². The van der Waals surface area contributed by atoms with Gasteiger partial charge in [0.25, 0.3) is 0 Å². The van der Waals surface area contributed by atoms with Gasteiger partial charge in [-0.25, -0.2) is 4.79 Å². The van der Waals surface area contributed by atoms with E-state index in [4.69, 9.17) is 4.74 Å². The van der Waals surface area contributed by atoms with Gasteiger partial charge in [0.1, 0.15) is 10.6 Å². The number of esters is 1. The molecule has 1 rings (SSSR count). The molecule has 0 amide bonds. The van der Waals surface area contributed by atoms with Crippen LogP contribution in [0.15, 0.2) is 17.3 Å². The highest BCUT2D eigenvalue weighted by Crippen LogP contribution is 2.31. The Kier molecular flexibility index (Phi) is 6.18. The number of carbonyl (C=O) groups is 1. The standard InChI is InChI=1S/C8H13NO2S.C3H6O/c1-4-11-7(10)6-5-12-8(2,3)9-6;1-3(2)4/h4-5H2,1-3H3;4H,1H2,2H3/p-1. The molecular weight excluding hydrogens is 226 g/mol. The van der Waals surface area contributed by atoms with Gasteiger partial charge in [0.15, 0.2) is 0 Å². The van der Waals surface area contributed by atoms with E-state index in [1.807, 2.05) is 13.8 Å². The molecule has 0 bridgehead atoms. The van der Waals surface area contributed by atoms with Crippen LogP contribution in [0.1, 0.15) is 27.7 Å². The number of ether oxygens (including phenoxy) is 1. The zero-order chi connectivity index (χ0) is 12.8. The SMILES string of the molecule is C=C(C)[O-].CCOC(=O)C1=NC(C)(C)SC1. The van der Waals surface area contributed by atoms with Gasteiger partial charge in [-0.05, 0) is 20.8 Å². The molecule has 0 aromatic rings. The van der Waals surface area contributed by atoms with Crippen LogP contribution >= 0.6 is 11.8 Å². The third-order valence-electron chi connectivity index (χ3n) is 1.48. The van der Waals surface area contributed by atoms with Crippen LogP contribution in [0.5, 0.6) is 0 Å². The molecule has 0 saturated carbocycles. The van der Waals surface area contributed by atoms with Crippen LogP contribution in [0.3, 0.4) is 0 Å². The lowest BCUT2D eigenvalue weighted by Gasteiger charge is -2.09. The Hall–Kier alpha value is -0.970. The van der Waals surface area contributed by atoms with Gasteiger partial charge in [-0.2, -0.15) is 0 Å². The molecule has 92 valence electrons. The first-order valence-corrected chi connectivity index (χ1v) is 5.99. The lowest BCUT2D eigenvalue weighted by atomic mass is 10.3. The molecule has 0 fully saturated rings. The number of hydrogen-bond acceptors (Lipinski definition) is 5. The van der Waals surface area contributed by atoms with E-state index in [-0.39, 0.29) is 16.6 Å². The molecule has 0 unspecified atom stereocenters. The van der Waals surface area contributed by atoms with Gasteiger partial charge < -0.3 is 9.84 Å². The van der Waals surface area contributed by atoms with Crippen molar-refractivity contribution in [2.45, 2.75) is 32.6 Å². The summed E-state index contributed by atoms with van der Waals surface area (Å²) in [7, 11) is 0. The van der Waals surface area contributed by atoms with Crippen molar-refractivity contribution in [3.63, 3.8) is 0 Å². The van der Waals surface area contributed by atoms with Gasteiger partial charge in [0, 0.05) is 5.75 Å². The zero-order valence-electron chi connectivity index (χ0n) is 10.2. The maximum absolute atomic E-state index is 11.2. The van der Waals surface area contributed by atoms with Crippen molar-refractivity contribution in [3.8, 4) is 0 Å². The third kappa shape index (κ3) is 6.50. The van der Waals surface area contributed by atoms with Crippen molar-refractivity contribution in [1.82, 2.24) is 0 Å². The fourth-order valence-corrected chi connectivity index (χ4v) is 1.80. The number of thioether (sulfide) groups is 1. The second kappa shape index (κ2) is 6.58. The number of nitrogens with zero attached hydrogens (tertiary/aromatic N) is 1. The summed E-state index contributed by atoms with van der Waals surface area (Å²) in [5.74, 6) is 0.321. The molecule has 1 aliphatic heterocycles. The number of aliphatic imine (C=N–C) groups is 1. The van der Waals surface area contributed by atoms with E-state index in [9.17, 15) is 9.90 Å². The normalized spacial score (nSPS) is 16.9. The quantitative estimate of drug-likeness (QED) is 0.543. The summed E-state index contributed by atoms with van der Waals surface area (Å²) < 4.78 is 4.84. The van der Waals surface area contributed by atoms with E-state index in [1.165, 1.54) is 6.92 Å². The number of hydrogen-bond donors (Lipinski definition) is 0. The Balaban J connectivity index is 0.000000487. The lowest BCUT2D eigenvalue weighted by Crippen LogP contribution is -2.17. The van der Waals surface area contributed by atoms with Crippen LogP contribution in [0.25, 0.3) is 0 Å².